The Morgan fingerprint density at radius 1 is 1.28 bits per heavy atom. The third-order valence-corrected chi connectivity index (χ3v) is 4.40. The first-order valence-corrected chi connectivity index (χ1v) is 7.38. The van der Waals surface area contributed by atoms with E-state index >= 15 is 0 Å². The van der Waals surface area contributed by atoms with Crippen LogP contribution in [0.4, 0.5) is 15.8 Å². The first-order chi connectivity index (χ1) is 8.58. The molecule has 1 aromatic carbocycles. The Bertz CT molecular complexity index is 423. The van der Waals surface area contributed by atoms with Gasteiger partial charge in [-0.2, -0.15) is 0 Å². The maximum atomic E-state index is 13.3. The SMILES string of the molecule is CC1CCCCCC1Nc1cc(Br)c(F)cc1N. The van der Waals surface area contributed by atoms with Gasteiger partial charge in [0.25, 0.3) is 0 Å². The highest BCUT2D eigenvalue weighted by Gasteiger charge is 2.20. The summed E-state index contributed by atoms with van der Waals surface area (Å²) >= 11 is 3.21. The minimum Gasteiger partial charge on any atom is -0.397 e. The molecule has 1 aliphatic rings. The largest absolute Gasteiger partial charge is 0.397 e. The number of nitrogens with one attached hydrogen (secondary N) is 1. The van der Waals surface area contributed by atoms with E-state index in [1.807, 2.05) is 0 Å². The topological polar surface area (TPSA) is 38.0 Å². The highest BCUT2D eigenvalue weighted by Crippen LogP contribution is 2.31. The van der Waals surface area contributed by atoms with E-state index in [1.165, 1.54) is 31.7 Å². The molecule has 0 spiro atoms. The van der Waals surface area contributed by atoms with E-state index in [1.54, 1.807) is 6.07 Å². The smallest absolute Gasteiger partial charge is 0.139 e. The number of hydrogen-bond acceptors (Lipinski definition) is 2. The monoisotopic (exact) mass is 314 g/mol. The summed E-state index contributed by atoms with van der Waals surface area (Å²) in [4.78, 5) is 0. The van der Waals surface area contributed by atoms with Gasteiger partial charge in [-0.1, -0.05) is 26.2 Å². The van der Waals surface area contributed by atoms with E-state index in [9.17, 15) is 4.39 Å². The molecule has 0 bridgehead atoms. The third-order valence-electron chi connectivity index (χ3n) is 3.79. The molecule has 0 aromatic heterocycles. The van der Waals surface area contributed by atoms with Gasteiger partial charge in [-0.25, -0.2) is 4.39 Å². The molecule has 0 saturated heterocycles. The second-order valence-corrected chi connectivity index (χ2v) is 6.07. The summed E-state index contributed by atoms with van der Waals surface area (Å²) in [6.07, 6.45) is 6.28. The Hall–Kier alpha value is -0.770. The van der Waals surface area contributed by atoms with Gasteiger partial charge in [0.2, 0.25) is 0 Å². The van der Waals surface area contributed by atoms with Crippen molar-refractivity contribution in [1.82, 2.24) is 0 Å². The van der Waals surface area contributed by atoms with Gasteiger partial charge in [0.1, 0.15) is 5.82 Å². The molecule has 1 aliphatic carbocycles. The predicted molar refractivity (Wildman–Crippen MR) is 78.2 cm³/mol. The lowest BCUT2D eigenvalue weighted by Gasteiger charge is -2.25. The zero-order valence-corrected chi connectivity index (χ0v) is 12.3. The fourth-order valence-electron chi connectivity index (χ4n) is 2.59. The minimum atomic E-state index is -0.313. The summed E-state index contributed by atoms with van der Waals surface area (Å²) in [5.74, 6) is 0.322. The lowest BCUT2D eigenvalue weighted by molar-refractivity contribution is 0.457. The second-order valence-electron chi connectivity index (χ2n) is 5.22. The average Bonchev–Trinajstić information content (AvgIpc) is 2.52. The quantitative estimate of drug-likeness (QED) is 0.620. The van der Waals surface area contributed by atoms with E-state index < -0.39 is 0 Å². The number of nitrogen functional groups attached to an aromatic ring is 1. The molecule has 18 heavy (non-hydrogen) atoms. The summed E-state index contributed by atoms with van der Waals surface area (Å²) < 4.78 is 13.8. The van der Waals surface area contributed by atoms with E-state index in [4.69, 9.17) is 5.73 Å². The molecule has 2 nitrogen and oxygen atoms in total. The van der Waals surface area contributed by atoms with Gasteiger partial charge in [-0.05, 0) is 40.8 Å². The molecule has 1 aromatic rings. The fraction of sp³-hybridized carbons (Fsp3) is 0.571. The molecule has 0 heterocycles. The van der Waals surface area contributed by atoms with Gasteiger partial charge in [-0.15, -0.1) is 0 Å². The number of nitrogens with two attached hydrogens (primary N) is 1. The predicted octanol–water partition coefficient (Wildman–Crippen LogP) is 4.55. The Morgan fingerprint density at radius 2 is 2.00 bits per heavy atom. The molecule has 0 aliphatic heterocycles. The van der Waals surface area contributed by atoms with Crippen molar-refractivity contribution < 1.29 is 4.39 Å². The molecule has 0 radical (unpaired) electrons. The van der Waals surface area contributed by atoms with Gasteiger partial charge in [-0.3, -0.25) is 0 Å². The molecule has 1 saturated carbocycles. The molecule has 4 heteroatoms. The molecular formula is C14H20BrFN2. The summed E-state index contributed by atoms with van der Waals surface area (Å²) in [6.45, 7) is 2.28. The summed E-state index contributed by atoms with van der Waals surface area (Å²) in [7, 11) is 0. The number of halogens is 2. The van der Waals surface area contributed by atoms with Gasteiger partial charge in [0.15, 0.2) is 0 Å². The maximum absolute atomic E-state index is 13.3. The number of rotatable bonds is 2. The molecule has 1 fully saturated rings. The summed E-state index contributed by atoms with van der Waals surface area (Å²) in [5, 5.41) is 3.49. The number of benzene rings is 1. The van der Waals surface area contributed by atoms with Crippen molar-refractivity contribution in [3.8, 4) is 0 Å². The Kier molecular flexibility index (Phi) is 4.49. The summed E-state index contributed by atoms with van der Waals surface area (Å²) in [6, 6.07) is 3.54. The van der Waals surface area contributed by atoms with Crippen molar-refractivity contribution in [2.75, 3.05) is 11.1 Å². The van der Waals surface area contributed by atoms with Crippen LogP contribution in [0.25, 0.3) is 0 Å². The van der Waals surface area contributed by atoms with Crippen molar-refractivity contribution in [2.45, 2.75) is 45.1 Å². The van der Waals surface area contributed by atoms with Crippen molar-refractivity contribution in [3.63, 3.8) is 0 Å². The highest BCUT2D eigenvalue weighted by atomic mass is 79.9. The minimum absolute atomic E-state index is 0.313. The highest BCUT2D eigenvalue weighted by molar-refractivity contribution is 9.10. The van der Waals surface area contributed by atoms with Crippen LogP contribution >= 0.6 is 15.9 Å². The number of hydrogen-bond donors (Lipinski definition) is 2. The zero-order valence-electron chi connectivity index (χ0n) is 10.7. The average molecular weight is 315 g/mol. The van der Waals surface area contributed by atoms with Crippen LogP contribution in [0.2, 0.25) is 0 Å². The van der Waals surface area contributed by atoms with Crippen LogP contribution in [0.5, 0.6) is 0 Å². The number of anilines is 2. The molecule has 100 valence electrons. The standard InChI is InChI=1S/C14H20BrFN2/c1-9-5-3-2-4-6-13(9)18-14-7-10(15)11(16)8-12(14)17/h7-9,13,18H,2-6,17H2,1H3. The molecule has 2 rings (SSSR count). The van der Waals surface area contributed by atoms with E-state index in [-0.39, 0.29) is 5.82 Å². The fourth-order valence-corrected chi connectivity index (χ4v) is 2.94. The van der Waals surface area contributed by atoms with Gasteiger partial charge in [0, 0.05) is 12.1 Å². The van der Waals surface area contributed by atoms with Gasteiger partial charge >= 0.3 is 0 Å². The summed E-state index contributed by atoms with van der Waals surface area (Å²) in [5.41, 5.74) is 7.18. The van der Waals surface area contributed by atoms with Crippen molar-refractivity contribution >= 4 is 27.3 Å². The molecule has 2 unspecified atom stereocenters. The van der Waals surface area contributed by atoms with Crippen LogP contribution in [0.15, 0.2) is 16.6 Å². The van der Waals surface area contributed by atoms with Gasteiger partial charge < -0.3 is 11.1 Å². The lowest BCUT2D eigenvalue weighted by atomic mass is 9.96. The molecule has 0 amide bonds. The molecule has 3 N–H and O–H groups in total. The Labute approximate surface area is 116 Å². The van der Waals surface area contributed by atoms with Crippen molar-refractivity contribution in [1.29, 1.82) is 0 Å². The zero-order chi connectivity index (χ0) is 13.1. The van der Waals surface area contributed by atoms with Crippen molar-refractivity contribution in [2.24, 2.45) is 5.92 Å². The van der Waals surface area contributed by atoms with Gasteiger partial charge in [0.05, 0.1) is 15.8 Å². The van der Waals surface area contributed by atoms with Crippen LogP contribution in [0.1, 0.15) is 39.0 Å². The second kappa shape index (κ2) is 5.91. The third kappa shape index (κ3) is 3.16. The lowest BCUT2D eigenvalue weighted by Crippen LogP contribution is -2.26. The Balaban J connectivity index is 2.14. The normalized spacial score (nSPS) is 24.6. The van der Waals surface area contributed by atoms with Crippen LogP contribution in [0.3, 0.4) is 0 Å². The van der Waals surface area contributed by atoms with Crippen LogP contribution < -0.4 is 11.1 Å². The first-order valence-electron chi connectivity index (χ1n) is 6.59. The van der Waals surface area contributed by atoms with E-state index in [2.05, 4.69) is 28.2 Å². The van der Waals surface area contributed by atoms with Crippen molar-refractivity contribution in [3.05, 3.63) is 22.4 Å². The van der Waals surface area contributed by atoms with Crippen LogP contribution in [0, 0.1) is 11.7 Å². The maximum Gasteiger partial charge on any atom is 0.139 e. The molecular weight excluding hydrogens is 295 g/mol. The Morgan fingerprint density at radius 3 is 2.78 bits per heavy atom. The first kappa shape index (κ1) is 13.7. The van der Waals surface area contributed by atoms with E-state index in [0.717, 1.165) is 12.1 Å². The van der Waals surface area contributed by atoms with Crippen LogP contribution in [-0.4, -0.2) is 6.04 Å². The van der Waals surface area contributed by atoms with Crippen LogP contribution in [-0.2, 0) is 0 Å². The van der Waals surface area contributed by atoms with E-state index in [0.29, 0.717) is 22.1 Å². The molecule has 2 atom stereocenters.